The van der Waals surface area contributed by atoms with E-state index in [2.05, 4.69) is 15.9 Å². The van der Waals surface area contributed by atoms with Crippen LogP contribution in [0, 0.1) is 12.7 Å². The fraction of sp³-hybridized carbons (Fsp3) is 0.143. The van der Waals surface area contributed by atoms with E-state index in [4.69, 9.17) is 0 Å². The maximum atomic E-state index is 13.4. The molecule has 1 nitrogen and oxygen atoms in total. The minimum Gasteiger partial charge on any atom is -0.384 e. The van der Waals surface area contributed by atoms with E-state index in [1.807, 2.05) is 24.3 Å². The van der Waals surface area contributed by atoms with Crippen LogP contribution in [-0.2, 0) is 0 Å². The number of rotatable bonds is 2. The third-order valence-corrected chi connectivity index (χ3v) is 3.17. The van der Waals surface area contributed by atoms with Gasteiger partial charge in [0.25, 0.3) is 0 Å². The van der Waals surface area contributed by atoms with E-state index in [1.165, 1.54) is 6.07 Å². The monoisotopic (exact) mass is 294 g/mol. The highest BCUT2D eigenvalue weighted by atomic mass is 79.9. The van der Waals surface area contributed by atoms with Gasteiger partial charge in [-0.2, -0.15) is 0 Å². The molecule has 0 radical (unpaired) electrons. The predicted molar refractivity (Wildman–Crippen MR) is 69.3 cm³/mol. The van der Waals surface area contributed by atoms with Crippen LogP contribution in [0.15, 0.2) is 46.9 Å². The van der Waals surface area contributed by atoms with Crippen molar-refractivity contribution in [1.82, 2.24) is 0 Å². The second-order valence-electron chi connectivity index (χ2n) is 3.97. The Hall–Kier alpha value is -1.19. The van der Waals surface area contributed by atoms with Crippen LogP contribution in [0.5, 0.6) is 0 Å². The Morgan fingerprint density at radius 3 is 2.47 bits per heavy atom. The van der Waals surface area contributed by atoms with E-state index in [1.54, 1.807) is 19.1 Å². The predicted octanol–water partition coefficient (Wildman–Crippen LogP) is 3.98. The molecule has 0 unspecified atom stereocenters. The van der Waals surface area contributed by atoms with Gasteiger partial charge in [-0.15, -0.1) is 0 Å². The first kappa shape index (κ1) is 12.3. The highest BCUT2D eigenvalue weighted by Crippen LogP contribution is 2.25. The van der Waals surface area contributed by atoms with Gasteiger partial charge in [-0.3, -0.25) is 0 Å². The lowest BCUT2D eigenvalue weighted by Crippen LogP contribution is -2.00. The van der Waals surface area contributed by atoms with Crippen molar-refractivity contribution in [3.8, 4) is 0 Å². The van der Waals surface area contributed by atoms with Crippen molar-refractivity contribution >= 4 is 15.9 Å². The summed E-state index contributed by atoms with van der Waals surface area (Å²) in [6.45, 7) is 1.70. The molecule has 0 aliphatic carbocycles. The highest BCUT2D eigenvalue weighted by molar-refractivity contribution is 9.10. The first-order valence-corrected chi connectivity index (χ1v) is 6.07. The number of aryl methyl sites for hydroxylation is 1. The van der Waals surface area contributed by atoms with E-state index in [0.717, 1.165) is 10.0 Å². The molecule has 1 N–H and O–H groups in total. The molecule has 2 aromatic rings. The summed E-state index contributed by atoms with van der Waals surface area (Å²) in [4.78, 5) is 0. The quantitative estimate of drug-likeness (QED) is 0.888. The molecule has 88 valence electrons. The van der Waals surface area contributed by atoms with Crippen molar-refractivity contribution in [2.45, 2.75) is 13.0 Å². The summed E-state index contributed by atoms with van der Waals surface area (Å²) in [5, 5.41) is 10.1. The number of hydrogen-bond acceptors (Lipinski definition) is 1. The Bertz CT molecular complexity index is 539. The van der Waals surface area contributed by atoms with Gasteiger partial charge in [0.05, 0.1) is 0 Å². The topological polar surface area (TPSA) is 20.2 Å². The largest absolute Gasteiger partial charge is 0.384 e. The molecule has 0 saturated heterocycles. The molecular formula is C14H12BrFO. The van der Waals surface area contributed by atoms with Crippen molar-refractivity contribution in [3.63, 3.8) is 0 Å². The van der Waals surface area contributed by atoms with E-state index >= 15 is 0 Å². The Balaban J connectivity index is 2.36. The second kappa shape index (κ2) is 4.98. The van der Waals surface area contributed by atoms with Gasteiger partial charge in [0.2, 0.25) is 0 Å². The first-order chi connectivity index (χ1) is 8.08. The van der Waals surface area contributed by atoms with Crippen LogP contribution in [0.2, 0.25) is 0 Å². The maximum absolute atomic E-state index is 13.4. The van der Waals surface area contributed by atoms with Crippen LogP contribution >= 0.6 is 15.9 Å². The molecule has 0 aromatic heterocycles. The first-order valence-electron chi connectivity index (χ1n) is 5.27. The maximum Gasteiger partial charge on any atom is 0.126 e. The minimum atomic E-state index is -0.803. The van der Waals surface area contributed by atoms with Crippen LogP contribution in [0.25, 0.3) is 0 Å². The highest BCUT2D eigenvalue weighted by Gasteiger charge is 2.12. The number of benzene rings is 2. The number of halogens is 2. The zero-order valence-corrected chi connectivity index (χ0v) is 10.9. The van der Waals surface area contributed by atoms with Gasteiger partial charge in [0.15, 0.2) is 0 Å². The number of aliphatic hydroxyl groups excluding tert-OH is 1. The molecule has 17 heavy (non-hydrogen) atoms. The van der Waals surface area contributed by atoms with Gasteiger partial charge >= 0.3 is 0 Å². The van der Waals surface area contributed by atoms with Gasteiger partial charge in [0.1, 0.15) is 11.9 Å². The molecule has 2 aromatic carbocycles. The lowest BCUT2D eigenvalue weighted by molar-refractivity contribution is 0.219. The molecule has 0 aliphatic heterocycles. The number of hydrogen-bond donors (Lipinski definition) is 1. The molecule has 0 bridgehead atoms. The van der Waals surface area contributed by atoms with Crippen LogP contribution < -0.4 is 0 Å². The minimum absolute atomic E-state index is 0.295. The Morgan fingerprint density at radius 2 is 1.82 bits per heavy atom. The van der Waals surface area contributed by atoms with Crippen molar-refractivity contribution < 1.29 is 9.50 Å². The van der Waals surface area contributed by atoms with Crippen molar-refractivity contribution in [2.24, 2.45) is 0 Å². The number of aliphatic hydroxyl groups is 1. The summed E-state index contributed by atoms with van der Waals surface area (Å²) < 4.78 is 14.3. The van der Waals surface area contributed by atoms with Crippen LogP contribution in [0.1, 0.15) is 22.8 Å². The van der Waals surface area contributed by atoms with Crippen molar-refractivity contribution in [1.29, 1.82) is 0 Å². The summed E-state index contributed by atoms with van der Waals surface area (Å²) in [5.74, 6) is -0.295. The van der Waals surface area contributed by atoms with E-state index < -0.39 is 6.10 Å². The fourth-order valence-corrected chi connectivity index (χ4v) is 2.07. The smallest absolute Gasteiger partial charge is 0.126 e. The average molecular weight is 295 g/mol. The second-order valence-corrected chi connectivity index (χ2v) is 4.88. The zero-order valence-electron chi connectivity index (χ0n) is 9.32. The summed E-state index contributed by atoms with van der Waals surface area (Å²) in [6, 6.07) is 12.1. The molecule has 0 aliphatic rings. The normalized spacial score (nSPS) is 12.5. The molecule has 0 heterocycles. The lowest BCUT2D eigenvalue weighted by atomic mass is 10.0. The average Bonchev–Trinajstić information content (AvgIpc) is 2.32. The fourth-order valence-electron chi connectivity index (χ4n) is 1.65. The third kappa shape index (κ3) is 2.73. The van der Waals surface area contributed by atoms with E-state index in [-0.39, 0.29) is 5.82 Å². The van der Waals surface area contributed by atoms with Crippen LogP contribution in [0.3, 0.4) is 0 Å². The van der Waals surface area contributed by atoms with Gasteiger partial charge in [-0.1, -0.05) is 40.2 Å². The summed E-state index contributed by atoms with van der Waals surface area (Å²) >= 11 is 3.34. The summed E-state index contributed by atoms with van der Waals surface area (Å²) in [5.41, 5.74) is 1.88. The standard InChI is InChI=1S/C14H12BrFO/c1-9-5-6-11(8-13(9)16)14(17)10-3-2-4-12(15)7-10/h2-8,14,17H,1H3/t14-/m0/s1. The molecule has 0 amide bonds. The Labute approximate surface area is 108 Å². The molecule has 0 spiro atoms. The zero-order chi connectivity index (χ0) is 12.4. The molecule has 1 atom stereocenters. The molecular weight excluding hydrogens is 283 g/mol. The van der Waals surface area contributed by atoms with E-state index in [0.29, 0.717) is 11.1 Å². The summed E-state index contributed by atoms with van der Waals surface area (Å²) in [6.07, 6.45) is -0.803. The van der Waals surface area contributed by atoms with Gasteiger partial charge in [0, 0.05) is 4.47 Å². The van der Waals surface area contributed by atoms with Crippen molar-refractivity contribution in [2.75, 3.05) is 0 Å². The lowest BCUT2D eigenvalue weighted by Gasteiger charge is -2.12. The van der Waals surface area contributed by atoms with Gasteiger partial charge in [-0.25, -0.2) is 4.39 Å². The Morgan fingerprint density at radius 1 is 1.12 bits per heavy atom. The molecule has 2 rings (SSSR count). The molecule has 0 fully saturated rings. The van der Waals surface area contributed by atoms with Crippen molar-refractivity contribution in [3.05, 3.63) is 69.4 Å². The molecule has 3 heteroatoms. The molecule has 0 saturated carbocycles. The van der Waals surface area contributed by atoms with E-state index in [9.17, 15) is 9.50 Å². The summed E-state index contributed by atoms with van der Waals surface area (Å²) in [7, 11) is 0. The Kier molecular flexibility index (Phi) is 3.60. The van der Waals surface area contributed by atoms with Gasteiger partial charge < -0.3 is 5.11 Å². The van der Waals surface area contributed by atoms with Crippen LogP contribution in [-0.4, -0.2) is 5.11 Å². The van der Waals surface area contributed by atoms with Gasteiger partial charge in [-0.05, 0) is 41.8 Å². The SMILES string of the molecule is Cc1ccc([C@@H](O)c2cccc(Br)c2)cc1F. The van der Waals surface area contributed by atoms with Crippen LogP contribution in [0.4, 0.5) is 4.39 Å². The third-order valence-electron chi connectivity index (χ3n) is 2.68.